The fourth-order valence-electron chi connectivity index (χ4n) is 3.19. The molecule has 1 heterocycles. The lowest BCUT2D eigenvalue weighted by atomic mass is 10.1. The van der Waals surface area contributed by atoms with Crippen molar-refractivity contribution < 1.29 is 13.6 Å². The van der Waals surface area contributed by atoms with Crippen molar-refractivity contribution in [2.45, 2.75) is 31.7 Å². The second-order valence-corrected chi connectivity index (χ2v) is 7.60. The number of nitrogens with zero attached hydrogens (tertiary/aromatic N) is 2. The summed E-state index contributed by atoms with van der Waals surface area (Å²) in [5.41, 5.74) is 3.17. The van der Waals surface area contributed by atoms with Crippen molar-refractivity contribution in [2.24, 2.45) is 0 Å². The van der Waals surface area contributed by atoms with Crippen LogP contribution >= 0.6 is 15.9 Å². The van der Waals surface area contributed by atoms with Gasteiger partial charge in [-0.1, -0.05) is 42.5 Å². The smallest absolute Gasteiger partial charge is 0.283 e. The van der Waals surface area contributed by atoms with Gasteiger partial charge in [-0.2, -0.15) is 5.10 Å². The molecule has 0 unspecified atom stereocenters. The zero-order chi connectivity index (χ0) is 19.7. The maximum absolute atomic E-state index is 13.2. The third-order valence-electron chi connectivity index (χ3n) is 4.70. The number of carbonyl (C=O) groups is 1. The zero-order valence-corrected chi connectivity index (χ0v) is 16.5. The molecular weight excluding hydrogens is 428 g/mol. The largest absolute Gasteiger partial charge is 0.324 e. The minimum absolute atomic E-state index is 0.0996. The number of nitrogens with one attached hydrogen (secondary N) is 1. The molecule has 0 saturated heterocycles. The van der Waals surface area contributed by atoms with Gasteiger partial charge in [0.15, 0.2) is 0 Å². The third kappa shape index (κ3) is 3.99. The molecule has 7 heteroatoms. The fourth-order valence-corrected chi connectivity index (χ4v) is 3.97. The van der Waals surface area contributed by atoms with Gasteiger partial charge in [-0.3, -0.25) is 9.48 Å². The Balaban J connectivity index is 1.47. The minimum Gasteiger partial charge on any atom is -0.324 e. The average molecular weight is 446 g/mol. The van der Waals surface area contributed by atoms with E-state index >= 15 is 0 Å². The lowest BCUT2D eigenvalue weighted by Gasteiger charge is -2.09. The van der Waals surface area contributed by atoms with Gasteiger partial charge in [-0.15, -0.1) is 0 Å². The van der Waals surface area contributed by atoms with Gasteiger partial charge < -0.3 is 5.32 Å². The quantitative estimate of drug-likeness (QED) is 0.523. The standard InChI is InChI=1S/C21H18BrF2N3O/c22-18-19(21(23)24)26-27(20(18)15-6-7-15)12-17(28)25-16-10-8-14(9-11-16)13-4-2-1-3-5-13/h1-5,8-11,15,21H,6-7,12H2,(H,25,28). The molecule has 3 aromatic rings. The molecule has 1 N–H and O–H groups in total. The molecule has 4 nitrogen and oxygen atoms in total. The molecular formula is C21H18BrF2N3O. The van der Waals surface area contributed by atoms with E-state index in [-0.39, 0.29) is 24.1 Å². The van der Waals surface area contributed by atoms with Crippen molar-refractivity contribution in [1.82, 2.24) is 9.78 Å². The number of halogens is 3. The first-order valence-corrected chi connectivity index (χ1v) is 9.82. The molecule has 4 rings (SSSR count). The Kier molecular flexibility index (Phi) is 5.26. The minimum atomic E-state index is -2.68. The molecule has 0 spiro atoms. The Bertz CT molecular complexity index is 983. The summed E-state index contributed by atoms with van der Waals surface area (Å²) in [5, 5.41) is 6.78. The molecule has 0 aliphatic heterocycles. The summed E-state index contributed by atoms with van der Waals surface area (Å²) < 4.78 is 28.0. The van der Waals surface area contributed by atoms with Crippen molar-refractivity contribution in [3.63, 3.8) is 0 Å². The van der Waals surface area contributed by atoms with Crippen molar-refractivity contribution in [2.75, 3.05) is 5.32 Å². The molecule has 0 bridgehead atoms. The van der Waals surface area contributed by atoms with Gasteiger partial charge in [0, 0.05) is 11.6 Å². The summed E-state index contributed by atoms with van der Waals surface area (Å²) in [6.07, 6.45) is -0.827. The molecule has 1 aliphatic carbocycles. The molecule has 2 aromatic carbocycles. The van der Waals surface area contributed by atoms with E-state index in [9.17, 15) is 13.6 Å². The van der Waals surface area contributed by atoms with Crippen LogP contribution in [0.5, 0.6) is 0 Å². The predicted molar refractivity (Wildman–Crippen MR) is 107 cm³/mol. The van der Waals surface area contributed by atoms with Crippen molar-refractivity contribution in [3.8, 4) is 11.1 Å². The number of benzene rings is 2. The van der Waals surface area contributed by atoms with E-state index in [1.54, 1.807) is 0 Å². The van der Waals surface area contributed by atoms with Crippen LogP contribution in [0.25, 0.3) is 11.1 Å². The van der Waals surface area contributed by atoms with Crippen molar-refractivity contribution in [1.29, 1.82) is 0 Å². The zero-order valence-electron chi connectivity index (χ0n) is 14.9. The fraction of sp³-hybridized carbons (Fsp3) is 0.238. The normalized spacial score (nSPS) is 13.7. The van der Waals surface area contributed by atoms with Gasteiger partial charge in [0.2, 0.25) is 5.91 Å². The lowest BCUT2D eigenvalue weighted by Crippen LogP contribution is -2.21. The number of hydrogen-bond acceptors (Lipinski definition) is 2. The van der Waals surface area contributed by atoms with E-state index in [1.807, 2.05) is 54.6 Å². The van der Waals surface area contributed by atoms with E-state index < -0.39 is 6.43 Å². The molecule has 28 heavy (non-hydrogen) atoms. The summed E-state index contributed by atoms with van der Waals surface area (Å²) in [6, 6.07) is 17.4. The van der Waals surface area contributed by atoms with Gasteiger partial charge in [0.1, 0.15) is 12.2 Å². The Morgan fingerprint density at radius 2 is 1.75 bits per heavy atom. The SMILES string of the molecule is O=C(Cn1nc(C(F)F)c(Br)c1C1CC1)Nc1ccc(-c2ccccc2)cc1. The average Bonchev–Trinajstić information content (AvgIpc) is 3.46. The maximum Gasteiger partial charge on any atom is 0.283 e. The molecule has 0 radical (unpaired) electrons. The van der Waals surface area contributed by atoms with Crippen LogP contribution in [0.3, 0.4) is 0 Å². The van der Waals surface area contributed by atoms with Crippen LogP contribution in [0.1, 0.15) is 36.6 Å². The Morgan fingerprint density at radius 1 is 1.11 bits per heavy atom. The lowest BCUT2D eigenvalue weighted by molar-refractivity contribution is -0.117. The van der Waals surface area contributed by atoms with Crippen LogP contribution in [-0.2, 0) is 11.3 Å². The summed E-state index contributed by atoms with van der Waals surface area (Å²) in [6.45, 7) is -0.0996. The first-order chi connectivity index (χ1) is 13.5. The Morgan fingerprint density at radius 3 is 2.36 bits per heavy atom. The molecule has 1 fully saturated rings. The number of amides is 1. The molecule has 1 amide bonds. The van der Waals surface area contributed by atoms with Crippen molar-refractivity contribution >= 4 is 27.5 Å². The molecule has 1 saturated carbocycles. The van der Waals surface area contributed by atoms with Crippen LogP contribution in [-0.4, -0.2) is 15.7 Å². The number of hydrogen-bond donors (Lipinski definition) is 1. The predicted octanol–water partition coefficient (Wildman–Crippen LogP) is 5.77. The van der Waals surface area contributed by atoms with Gasteiger partial charge >= 0.3 is 0 Å². The Hall–Kier alpha value is -2.54. The van der Waals surface area contributed by atoms with E-state index in [0.29, 0.717) is 15.9 Å². The number of alkyl halides is 2. The van der Waals surface area contributed by atoms with Crippen LogP contribution in [0.2, 0.25) is 0 Å². The van der Waals surface area contributed by atoms with Gasteiger partial charge in [0.05, 0.1) is 10.2 Å². The van der Waals surface area contributed by atoms with Crippen LogP contribution < -0.4 is 5.32 Å². The highest BCUT2D eigenvalue weighted by atomic mass is 79.9. The van der Waals surface area contributed by atoms with Gasteiger partial charge in [0.25, 0.3) is 6.43 Å². The van der Waals surface area contributed by atoms with E-state index in [1.165, 1.54) is 4.68 Å². The van der Waals surface area contributed by atoms with E-state index in [4.69, 9.17) is 0 Å². The number of carbonyl (C=O) groups excluding carboxylic acids is 1. The highest BCUT2D eigenvalue weighted by Crippen LogP contribution is 2.45. The van der Waals surface area contributed by atoms with E-state index in [0.717, 1.165) is 24.0 Å². The summed E-state index contributed by atoms with van der Waals surface area (Å²) in [5.74, 6) is -0.113. The third-order valence-corrected chi connectivity index (χ3v) is 5.51. The number of rotatable bonds is 6. The highest BCUT2D eigenvalue weighted by molar-refractivity contribution is 9.10. The first-order valence-electron chi connectivity index (χ1n) is 9.02. The maximum atomic E-state index is 13.2. The Labute approximate surface area is 169 Å². The first kappa shape index (κ1) is 18.8. The van der Waals surface area contributed by atoms with Crippen LogP contribution in [0, 0.1) is 0 Å². The second-order valence-electron chi connectivity index (χ2n) is 6.81. The highest BCUT2D eigenvalue weighted by Gasteiger charge is 2.34. The van der Waals surface area contributed by atoms with Gasteiger partial charge in [-0.05, 0) is 52.0 Å². The molecule has 1 aliphatic rings. The topological polar surface area (TPSA) is 46.9 Å². The summed E-state index contributed by atoms with van der Waals surface area (Å²) in [7, 11) is 0. The van der Waals surface area contributed by atoms with E-state index in [2.05, 4.69) is 26.3 Å². The van der Waals surface area contributed by atoms with Gasteiger partial charge in [-0.25, -0.2) is 8.78 Å². The number of anilines is 1. The molecule has 144 valence electrons. The number of aromatic nitrogens is 2. The second kappa shape index (κ2) is 7.83. The summed E-state index contributed by atoms with van der Waals surface area (Å²) in [4.78, 5) is 12.4. The summed E-state index contributed by atoms with van der Waals surface area (Å²) >= 11 is 3.24. The monoisotopic (exact) mass is 445 g/mol. The molecule has 0 atom stereocenters. The molecule has 1 aromatic heterocycles. The van der Waals surface area contributed by atoms with Crippen molar-refractivity contribution in [3.05, 3.63) is 70.5 Å². The van der Waals surface area contributed by atoms with Crippen LogP contribution in [0.4, 0.5) is 14.5 Å². The van der Waals surface area contributed by atoms with Crippen LogP contribution in [0.15, 0.2) is 59.1 Å².